The van der Waals surface area contributed by atoms with Crippen LogP contribution >= 0.6 is 0 Å². The highest BCUT2D eigenvalue weighted by atomic mass is 16.1. The highest BCUT2D eigenvalue weighted by Gasteiger charge is 2.03. The molecule has 0 heterocycles. The Kier molecular flexibility index (Phi) is 3.63. The number of ketones is 1. The fourth-order valence-electron chi connectivity index (χ4n) is 1.11. The summed E-state index contributed by atoms with van der Waals surface area (Å²) in [5, 5.41) is 8.56. The normalized spacial score (nSPS) is 9.07. The summed E-state index contributed by atoms with van der Waals surface area (Å²) in [5.74, 6) is 0.0920. The van der Waals surface area contributed by atoms with Crippen LogP contribution in [0.4, 0.5) is 0 Å². The lowest BCUT2D eigenvalue weighted by molar-refractivity contribution is 0.0983. The van der Waals surface area contributed by atoms with E-state index in [-0.39, 0.29) is 5.78 Å². The summed E-state index contributed by atoms with van der Waals surface area (Å²) in [6, 6.07) is 8.69. The number of allylic oxidation sites excluding steroid dienone is 1. The molecule has 0 aliphatic carbocycles. The van der Waals surface area contributed by atoms with Crippen LogP contribution in [0.15, 0.2) is 36.9 Å². The third-order valence-corrected chi connectivity index (χ3v) is 1.91. The minimum atomic E-state index is 0.0920. The SMILES string of the molecule is C=CCCC(=O)c1ccc(C#N)cc1. The second-order valence-electron chi connectivity index (χ2n) is 2.94. The van der Waals surface area contributed by atoms with E-state index in [0.717, 1.165) is 0 Å². The Morgan fingerprint density at radius 2 is 2.07 bits per heavy atom. The van der Waals surface area contributed by atoms with E-state index < -0.39 is 0 Å². The van der Waals surface area contributed by atoms with Crippen molar-refractivity contribution >= 4 is 5.78 Å². The molecule has 14 heavy (non-hydrogen) atoms. The first-order valence-electron chi connectivity index (χ1n) is 4.42. The summed E-state index contributed by atoms with van der Waals surface area (Å²) in [6.45, 7) is 3.56. The van der Waals surface area contributed by atoms with Gasteiger partial charge in [0, 0.05) is 12.0 Å². The lowest BCUT2D eigenvalue weighted by Gasteiger charge is -1.98. The molecule has 0 unspecified atom stereocenters. The Balaban J connectivity index is 2.72. The molecular weight excluding hydrogens is 174 g/mol. The van der Waals surface area contributed by atoms with Crippen molar-refractivity contribution in [3.63, 3.8) is 0 Å². The molecule has 0 aliphatic heterocycles. The van der Waals surface area contributed by atoms with Crippen molar-refractivity contribution < 1.29 is 4.79 Å². The molecule has 2 nitrogen and oxygen atoms in total. The molecule has 0 aromatic heterocycles. The van der Waals surface area contributed by atoms with Crippen molar-refractivity contribution in [1.82, 2.24) is 0 Å². The molecule has 0 saturated heterocycles. The zero-order valence-corrected chi connectivity index (χ0v) is 7.86. The number of nitrogens with zero attached hydrogens (tertiary/aromatic N) is 1. The van der Waals surface area contributed by atoms with Crippen LogP contribution in [-0.4, -0.2) is 5.78 Å². The van der Waals surface area contributed by atoms with Crippen molar-refractivity contribution in [3.05, 3.63) is 48.0 Å². The lowest BCUT2D eigenvalue weighted by atomic mass is 10.1. The molecule has 70 valence electrons. The van der Waals surface area contributed by atoms with Crippen molar-refractivity contribution in [2.75, 3.05) is 0 Å². The average Bonchev–Trinajstić information content (AvgIpc) is 2.26. The molecule has 0 amide bonds. The van der Waals surface area contributed by atoms with E-state index in [1.54, 1.807) is 30.3 Å². The van der Waals surface area contributed by atoms with Crippen LogP contribution in [0.5, 0.6) is 0 Å². The maximum Gasteiger partial charge on any atom is 0.163 e. The third-order valence-electron chi connectivity index (χ3n) is 1.91. The molecule has 0 spiro atoms. The summed E-state index contributed by atoms with van der Waals surface area (Å²) in [5.41, 5.74) is 1.23. The first-order valence-corrected chi connectivity index (χ1v) is 4.42. The standard InChI is InChI=1S/C12H11NO/c1-2-3-4-12(14)11-7-5-10(9-13)6-8-11/h2,5-8H,1,3-4H2. The zero-order valence-electron chi connectivity index (χ0n) is 7.86. The van der Waals surface area contributed by atoms with Crippen molar-refractivity contribution in [1.29, 1.82) is 5.26 Å². The van der Waals surface area contributed by atoms with Crippen LogP contribution in [0.1, 0.15) is 28.8 Å². The van der Waals surface area contributed by atoms with Crippen LogP contribution < -0.4 is 0 Å². The van der Waals surface area contributed by atoms with Gasteiger partial charge in [-0.15, -0.1) is 6.58 Å². The van der Waals surface area contributed by atoms with Gasteiger partial charge < -0.3 is 0 Å². The zero-order chi connectivity index (χ0) is 10.4. The topological polar surface area (TPSA) is 40.9 Å². The van der Waals surface area contributed by atoms with E-state index in [2.05, 4.69) is 6.58 Å². The second-order valence-corrected chi connectivity index (χ2v) is 2.94. The van der Waals surface area contributed by atoms with Gasteiger partial charge in [0.1, 0.15) is 0 Å². The molecule has 0 saturated carbocycles. The summed E-state index contributed by atoms with van der Waals surface area (Å²) in [7, 11) is 0. The maximum absolute atomic E-state index is 11.5. The van der Waals surface area contributed by atoms with E-state index in [4.69, 9.17) is 5.26 Å². The Bertz CT molecular complexity index is 370. The van der Waals surface area contributed by atoms with Gasteiger partial charge >= 0.3 is 0 Å². The van der Waals surface area contributed by atoms with E-state index in [9.17, 15) is 4.79 Å². The highest BCUT2D eigenvalue weighted by Crippen LogP contribution is 2.07. The fourth-order valence-corrected chi connectivity index (χ4v) is 1.11. The quantitative estimate of drug-likeness (QED) is 0.534. The van der Waals surface area contributed by atoms with Gasteiger partial charge in [-0.2, -0.15) is 5.26 Å². The number of rotatable bonds is 4. The molecule has 0 N–H and O–H groups in total. The number of Topliss-reactive ketones (excluding diaryl/α,β-unsaturated/α-hetero) is 1. The largest absolute Gasteiger partial charge is 0.294 e. The molecule has 0 aliphatic rings. The van der Waals surface area contributed by atoms with Gasteiger partial charge in [0.05, 0.1) is 11.6 Å². The Labute approximate surface area is 83.5 Å². The van der Waals surface area contributed by atoms with Gasteiger partial charge in [-0.3, -0.25) is 4.79 Å². The van der Waals surface area contributed by atoms with E-state index >= 15 is 0 Å². The molecule has 1 aromatic rings. The number of carbonyl (C=O) groups is 1. The lowest BCUT2D eigenvalue weighted by Crippen LogP contribution is -1.97. The van der Waals surface area contributed by atoms with E-state index in [0.29, 0.717) is 24.0 Å². The monoisotopic (exact) mass is 185 g/mol. The van der Waals surface area contributed by atoms with Crippen LogP contribution in [-0.2, 0) is 0 Å². The predicted octanol–water partition coefficient (Wildman–Crippen LogP) is 2.71. The van der Waals surface area contributed by atoms with Crippen LogP contribution in [0, 0.1) is 11.3 Å². The first-order chi connectivity index (χ1) is 6.77. The first kappa shape index (κ1) is 10.2. The Morgan fingerprint density at radius 3 is 2.57 bits per heavy atom. The van der Waals surface area contributed by atoms with Gasteiger partial charge in [-0.05, 0) is 18.6 Å². The molecule has 0 fully saturated rings. The average molecular weight is 185 g/mol. The summed E-state index contributed by atoms with van der Waals surface area (Å²) in [4.78, 5) is 11.5. The number of carbonyl (C=O) groups excluding carboxylic acids is 1. The van der Waals surface area contributed by atoms with Crippen molar-refractivity contribution in [2.45, 2.75) is 12.8 Å². The minimum Gasteiger partial charge on any atom is -0.294 e. The van der Waals surface area contributed by atoms with Crippen LogP contribution in [0.2, 0.25) is 0 Å². The maximum atomic E-state index is 11.5. The molecule has 1 aromatic carbocycles. The number of hydrogen-bond donors (Lipinski definition) is 0. The molecule has 2 heteroatoms. The summed E-state index contributed by atoms with van der Waals surface area (Å²) in [6.07, 6.45) is 2.90. The molecule has 1 rings (SSSR count). The van der Waals surface area contributed by atoms with E-state index in [1.165, 1.54) is 0 Å². The van der Waals surface area contributed by atoms with Crippen LogP contribution in [0.25, 0.3) is 0 Å². The molecule has 0 atom stereocenters. The second kappa shape index (κ2) is 4.98. The van der Waals surface area contributed by atoms with Gasteiger partial charge in [0.2, 0.25) is 0 Å². The highest BCUT2D eigenvalue weighted by molar-refractivity contribution is 5.96. The predicted molar refractivity (Wildman–Crippen MR) is 54.9 cm³/mol. The number of nitriles is 1. The Morgan fingerprint density at radius 1 is 1.43 bits per heavy atom. The number of hydrogen-bond acceptors (Lipinski definition) is 2. The fraction of sp³-hybridized carbons (Fsp3) is 0.167. The van der Waals surface area contributed by atoms with Crippen molar-refractivity contribution in [2.24, 2.45) is 0 Å². The summed E-state index contributed by atoms with van der Waals surface area (Å²) >= 11 is 0. The van der Waals surface area contributed by atoms with Gasteiger partial charge in [0.15, 0.2) is 5.78 Å². The minimum absolute atomic E-state index is 0.0920. The van der Waals surface area contributed by atoms with Gasteiger partial charge in [-0.1, -0.05) is 18.2 Å². The third kappa shape index (κ3) is 2.56. The van der Waals surface area contributed by atoms with E-state index in [1.807, 2.05) is 6.07 Å². The van der Waals surface area contributed by atoms with Crippen LogP contribution in [0.3, 0.4) is 0 Å². The molecular formula is C12H11NO. The van der Waals surface area contributed by atoms with Gasteiger partial charge in [-0.25, -0.2) is 0 Å². The van der Waals surface area contributed by atoms with Gasteiger partial charge in [0.25, 0.3) is 0 Å². The number of benzene rings is 1. The Hall–Kier alpha value is -1.88. The summed E-state index contributed by atoms with van der Waals surface area (Å²) < 4.78 is 0. The molecule has 0 bridgehead atoms. The molecule has 0 radical (unpaired) electrons. The van der Waals surface area contributed by atoms with Crippen molar-refractivity contribution in [3.8, 4) is 6.07 Å². The smallest absolute Gasteiger partial charge is 0.163 e.